The number of carbonyl (C=O) groups is 1. The number of fused-ring (bicyclic) bond motifs is 3. The zero-order valence-electron chi connectivity index (χ0n) is 20.5. The minimum absolute atomic E-state index is 0.0112. The van der Waals surface area contributed by atoms with Gasteiger partial charge in [-0.2, -0.15) is 0 Å². The number of aryl methyl sites for hydroxylation is 1. The number of nitrogens with one attached hydrogen (secondary N) is 1. The van der Waals surface area contributed by atoms with E-state index >= 15 is 0 Å². The van der Waals surface area contributed by atoms with Gasteiger partial charge < -0.3 is 24.4 Å². The fraction of sp³-hybridized carbons (Fsp3) is 0.444. The van der Waals surface area contributed by atoms with E-state index < -0.39 is 0 Å². The summed E-state index contributed by atoms with van der Waals surface area (Å²) in [6.45, 7) is 7.39. The van der Waals surface area contributed by atoms with E-state index in [0.717, 1.165) is 73.4 Å². The number of piperidine rings is 1. The SMILES string of the molecule is Cc1ccnc(N2CCC(C(=O)N3CCc4nc(N5CCOCC5)[nH]c4-c4cc(Cl)ccc43)CC2)c1. The number of morpholine rings is 1. The molecule has 3 aromatic rings. The molecule has 3 aliphatic heterocycles. The number of amides is 1. The van der Waals surface area contributed by atoms with Gasteiger partial charge in [-0.3, -0.25) is 4.79 Å². The Morgan fingerprint density at radius 2 is 1.86 bits per heavy atom. The number of imidazole rings is 1. The van der Waals surface area contributed by atoms with Gasteiger partial charge in [0.1, 0.15) is 5.82 Å². The highest BCUT2D eigenvalue weighted by Gasteiger charge is 2.33. The molecule has 5 heterocycles. The number of carbonyl (C=O) groups excluding carboxylic acids is 1. The second-order valence-corrected chi connectivity index (χ2v) is 10.3. The second kappa shape index (κ2) is 9.75. The first kappa shape index (κ1) is 23.3. The number of anilines is 3. The van der Waals surface area contributed by atoms with Crippen LogP contribution in [0.1, 0.15) is 24.1 Å². The Labute approximate surface area is 216 Å². The molecule has 2 saturated heterocycles. The van der Waals surface area contributed by atoms with Gasteiger partial charge in [0, 0.05) is 61.8 Å². The number of ether oxygens (including phenoxy) is 1. The fourth-order valence-electron chi connectivity index (χ4n) is 5.50. The van der Waals surface area contributed by atoms with Crippen LogP contribution in [-0.2, 0) is 16.0 Å². The molecule has 0 aliphatic carbocycles. The van der Waals surface area contributed by atoms with E-state index in [1.807, 2.05) is 35.4 Å². The maximum Gasteiger partial charge on any atom is 0.230 e. The predicted octanol–water partition coefficient (Wildman–Crippen LogP) is 4.08. The van der Waals surface area contributed by atoms with Crippen LogP contribution in [0.25, 0.3) is 11.3 Å². The molecule has 3 aliphatic rings. The van der Waals surface area contributed by atoms with Crippen molar-refractivity contribution in [3.63, 3.8) is 0 Å². The highest BCUT2D eigenvalue weighted by atomic mass is 35.5. The van der Waals surface area contributed by atoms with E-state index in [2.05, 4.69) is 32.8 Å². The summed E-state index contributed by atoms with van der Waals surface area (Å²) >= 11 is 6.44. The van der Waals surface area contributed by atoms with Gasteiger partial charge >= 0.3 is 0 Å². The number of benzene rings is 1. The fourth-order valence-corrected chi connectivity index (χ4v) is 5.68. The molecular formula is C27H31ClN6O2. The Morgan fingerprint density at radius 3 is 2.64 bits per heavy atom. The van der Waals surface area contributed by atoms with Crippen LogP contribution >= 0.6 is 11.6 Å². The van der Waals surface area contributed by atoms with E-state index in [1.54, 1.807) is 0 Å². The molecule has 0 atom stereocenters. The van der Waals surface area contributed by atoms with Crippen LogP contribution in [0.5, 0.6) is 0 Å². The summed E-state index contributed by atoms with van der Waals surface area (Å²) in [5, 5.41) is 0.649. The molecule has 8 nitrogen and oxygen atoms in total. The number of hydrogen-bond donors (Lipinski definition) is 1. The van der Waals surface area contributed by atoms with Crippen LogP contribution in [-0.4, -0.2) is 66.8 Å². The Kier molecular flexibility index (Phi) is 6.31. The van der Waals surface area contributed by atoms with E-state index in [1.165, 1.54) is 5.56 Å². The zero-order valence-corrected chi connectivity index (χ0v) is 21.3. The summed E-state index contributed by atoms with van der Waals surface area (Å²) in [4.78, 5) is 33.3. The monoisotopic (exact) mass is 506 g/mol. The maximum atomic E-state index is 13.8. The van der Waals surface area contributed by atoms with Crippen LogP contribution < -0.4 is 14.7 Å². The van der Waals surface area contributed by atoms with Crippen molar-refractivity contribution in [3.8, 4) is 11.3 Å². The average Bonchev–Trinajstić information content (AvgIpc) is 3.28. The molecule has 0 saturated carbocycles. The number of aromatic nitrogens is 3. The molecule has 0 bridgehead atoms. The second-order valence-electron chi connectivity index (χ2n) is 9.84. The topological polar surface area (TPSA) is 77.6 Å². The Hall–Kier alpha value is -3.10. The van der Waals surface area contributed by atoms with Crippen molar-refractivity contribution in [2.45, 2.75) is 26.2 Å². The molecule has 0 radical (unpaired) electrons. The van der Waals surface area contributed by atoms with Crippen molar-refractivity contribution >= 4 is 35.0 Å². The molecule has 0 unspecified atom stereocenters. The van der Waals surface area contributed by atoms with E-state index in [4.69, 9.17) is 21.3 Å². The van der Waals surface area contributed by atoms with Gasteiger partial charge in [0.15, 0.2) is 0 Å². The van der Waals surface area contributed by atoms with Gasteiger partial charge in [0.2, 0.25) is 11.9 Å². The van der Waals surface area contributed by atoms with E-state index in [0.29, 0.717) is 31.2 Å². The van der Waals surface area contributed by atoms with Gasteiger partial charge in [-0.15, -0.1) is 0 Å². The lowest BCUT2D eigenvalue weighted by atomic mass is 9.94. The third kappa shape index (κ3) is 4.44. The van der Waals surface area contributed by atoms with E-state index in [-0.39, 0.29) is 11.8 Å². The smallest absolute Gasteiger partial charge is 0.230 e. The Morgan fingerprint density at radius 1 is 1.06 bits per heavy atom. The number of H-pyrrole nitrogens is 1. The zero-order chi connectivity index (χ0) is 24.6. The van der Waals surface area contributed by atoms with E-state index in [9.17, 15) is 4.79 Å². The highest BCUT2D eigenvalue weighted by molar-refractivity contribution is 6.31. The normalized spacial score (nSPS) is 18.6. The summed E-state index contributed by atoms with van der Waals surface area (Å²) < 4.78 is 5.50. The van der Waals surface area contributed by atoms with Crippen LogP contribution in [0.15, 0.2) is 36.5 Å². The number of pyridine rings is 1. The van der Waals surface area contributed by atoms with Gasteiger partial charge in [0.05, 0.1) is 30.3 Å². The molecule has 1 amide bonds. The van der Waals surface area contributed by atoms with Gasteiger partial charge in [-0.25, -0.2) is 9.97 Å². The lowest BCUT2D eigenvalue weighted by molar-refractivity contribution is -0.123. The number of nitrogens with zero attached hydrogens (tertiary/aromatic N) is 5. The first-order chi connectivity index (χ1) is 17.6. The standard InChI is InChI=1S/C27H31ClN6O2/c1-18-4-8-29-24(16-18)32-9-5-19(6-10-32)26(35)34-11-7-22-25(21-17-20(28)2-3-23(21)34)31-27(30-22)33-12-14-36-15-13-33/h2-4,8,16-17,19H,5-7,9-15H2,1H3,(H,30,31). The highest BCUT2D eigenvalue weighted by Crippen LogP contribution is 2.39. The molecular weight excluding hydrogens is 476 g/mol. The Bertz CT molecular complexity index is 1260. The van der Waals surface area contributed by atoms with Crippen molar-refractivity contribution in [3.05, 3.63) is 52.8 Å². The maximum absolute atomic E-state index is 13.8. The predicted molar refractivity (Wildman–Crippen MR) is 142 cm³/mol. The van der Waals surface area contributed by atoms with Gasteiger partial charge in [-0.05, 0) is 55.7 Å². The lowest BCUT2D eigenvalue weighted by Crippen LogP contribution is -2.43. The summed E-state index contributed by atoms with van der Waals surface area (Å²) in [6.07, 6.45) is 4.19. The summed E-state index contributed by atoms with van der Waals surface area (Å²) in [7, 11) is 0. The van der Waals surface area contributed by atoms with Crippen LogP contribution in [0, 0.1) is 12.8 Å². The molecule has 36 heavy (non-hydrogen) atoms. The van der Waals surface area contributed by atoms with Crippen molar-refractivity contribution in [1.29, 1.82) is 0 Å². The number of aromatic amines is 1. The molecule has 1 aromatic carbocycles. The first-order valence-corrected chi connectivity index (χ1v) is 13.1. The molecule has 0 spiro atoms. The largest absolute Gasteiger partial charge is 0.378 e. The van der Waals surface area contributed by atoms with Crippen LogP contribution in [0.4, 0.5) is 17.5 Å². The number of rotatable bonds is 3. The average molecular weight is 507 g/mol. The van der Waals surface area contributed by atoms with Crippen molar-refractivity contribution in [2.24, 2.45) is 5.92 Å². The minimum Gasteiger partial charge on any atom is -0.378 e. The number of hydrogen-bond acceptors (Lipinski definition) is 6. The molecule has 1 N–H and O–H groups in total. The van der Waals surface area contributed by atoms with Crippen molar-refractivity contribution in [1.82, 2.24) is 15.0 Å². The molecule has 9 heteroatoms. The molecule has 2 fully saturated rings. The summed E-state index contributed by atoms with van der Waals surface area (Å²) in [6, 6.07) is 9.93. The Balaban J connectivity index is 1.23. The minimum atomic E-state index is -0.0112. The third-order valence-electron chi connectivity index (χ3n) is 7.50. The van der Waals surface area contributed by atoms with Crippen LogP contribution in [0.3, 0.4) is 0 Å². The summed E-state index contributed by atoms with van der Waals surface area (Å²) in [5.41, 5.74) is 4.99. The molecule has 2 aromatic heterocycles. The quantitative estimate of drug-likeness (QED) is 0.577. The van der Waals surface area contributed by atoms with Crippen LogP contribution in [0.2, 0.25) is 5.02 Å². The molecule has 188 valence electrons. The number of halogens is 1. The van der Waals surface area contributed by atoms with Crippen molar-refractivity contribution < 1.29 is 9.53 Å². The first-order valence-electron chi connectivity index (χ1n) is 12.8. The van der Waals surface area contributed by atoms with Crippen molar-refractivity contribution in [2.75, 3.05) is 60.6 Å². The summed E-state index contributed by atoms with van der Waals surface area (Å²) in [5.74, 6) is 2.04. The molecule has 6 rings (SSSR count). The van der Waals surface area contributed by atoms with Gasteiger partial charge in [-0.1, -0.05) is 11.6 Å². The lowest BCUT2D eigenvalue weighted by Gasteiger charge is -2.35. The third-order valence-corrected chi connectivity index (χ3v) is 7.74. The van der Waals surface area contributed by atoms with Gasteiger partial charge in [0.25, 0.3) is 0 Å².